The second-order valence-corrected chi connectivity index (χ2v) is 6.33. The highest BCUT2D eigenvalue weighted by Gasteiger charge is 2.21. The fraction of sp³-hybridized carbons (Fsp3) is 0.389. The number of aromatic amines is 2. The average Bonchev–Trinajstić information content (AvgIpc) is 3.19. The van der Waals surface area contributed by atoms with Crippen molar-refractivity contribution in [3.05, 3.63) is 47.9 Å². The maximum Gasteiger partial charge on any atom is 0.129 e. The first kappa shape index (κ1) is 14.3. The third kappa shape index (κ3) is 3.10. The number of likely N-dealkylation sites (tertiary alicyclic amines) is 1. The molecule has 5 heteroatoms. The van der Waals surface area contributed by atoms with Gasteiger partial charge in [-0.05, 0) is 44.0 Å². The Balaban J connectivity index is 1.35. The van der Waals surface area contributed by atoms with Crippen molar-refractivity contribution in [1.82, 2.24) is 20.1 Å². The number of benzene rings is 1. The number of aromatic nitrogens is 3. The SMILES string of the molecule is Cc1cc(CN2CCC(Oc3cccc4[nH]ccc34)CC2)n[nH]1. The van der Waals surface area contributed by atoms with E-state index in [1.54, 1.807) is 0 Å². The van der Waals surface area contributed by atoms with Crippen molar-refractivity contribution in [2.45, 2.75) is 32.4 Å². The van der Waals surface area contributed by atoms with E-state index in [1.807, 2.05) is 19.2 Å². The monoisotopic (exact) mass is 310 g/mol. The van der Waals surface area contributed by atoms with Crippen molar-refractivity contribution in [3.63, 3.8) is 0 Å². The number of hydrogen-bond donors (Lipinski definition) is 2. The molecule has 2 aromatic heterocycles. The van der Waals surface area contributed by atoms with E-state index >= 15 is 0 Å². The lowest BCUT2D eigenvalue weighted by molar-refractivity contribution is 0.0973. The molecule has 0 saturated carbocycles. The van der Waals surface area contributed by atoms with Crippen LogP contribution in [0.2, 0.25) is 0 Å². The molecule has 2 N–H and O–H groups in total. The van der Waals surface area contributed by atoms with Crippen LogP contribution in [0.5, 0.6) is 5.75 Å². The van der Waals surface area contributed by atoms with E-state index < -0.39 is 0 Å². The molecule has 4 rings (SSSR count). The van der Waals surface area contributed by atoms with Crippen molar-refractivity contribution in [2.24, 2.45) is 0 Å². The minimum atomic E-state index is 0.299. The molecule has 0 atom stereocenters. The van der Waals surface area contributed by atoms with Crippen LogP contribution in [0.4, 0.5) is 0 Å². The molecule has 1 fully saturated rings. The molecule has 3 aromatic rings. The molecule has 0 radical (unpaired) electrons. The summed E-state index contributed by atoms with van der Waals surface area (Å²) in [7, 11) is 0. The minimum absolute atomic E-state index is 0.299. The quantitative estimate of drug-likeness (QED) is 0.778. The molecule has 0 bridgehead atoms. The lowest BCUT2D eigenvalue weighted by atomic mass is 10.1. The molecule has 0 amide bonds. The van der Waals surface area contributed by atoms with Crippen LogP contribution in [0.25, 0.3) is 10.9 Å². The number of fused-ring (bicyclic) bond motifs is 1. The van der Waals surface area contributed by atoms with Gasteiger partial charge in [-0.15, -0.1) is 0 Å². The number of H-pyrrole nitrogens is 2. The molecule has 0 unspecified atom stereocenters. The molecular formula is C18H22N4O. The molecule has 0 aliphatic carbocycles. The lowest BCUT2D eigenvalue weighted by Gasteiger charge is -2.31. The zero-order valence-corrected chi connectivity index (χ0v) is 13.4. The molecule has 1 saturated heterocycles. The Morgan fingerprint density at radius 3 is 2.91 bits per heavy atom. The Bertz CT molecular complexity index is 783. The Morgan fingerprint density at radius 2 is 2.13 bits per heavy atom. The molecule has 1 aliphatic rings. The predicted octanol–water partition coefficient (Wildman–Crippen LogP) is 3.24. The van der Waals surface area contributed by atoms with E-state index in [1.165, 1.54) is 5.39 Å². The fourth-order valence-electron chi connectivity index (χ4n) is 3.31. The molecule has 1 aliphatic heterocycles. The summed E-state index contributed by atoms with van der Waals surface area (Å²) in [4.78, 5) is 5.69. The van der Waals surface area contributed by atoms with Gasteiger partial charge in [-0.1, -0.05) is 6.07 Å². The van der Waals surface area contributed by atoms with Gasteiger partial charge < -0.3 is 9.72 Å². The van der Waals surface area contributed by atoms with Crippen LogP contribution >= 0.6 is 0 Å². The molecule has 5 nitrogen and oxygen atoms in total. The lowest BCUT2D eigenvalue weighted by Crippen LogP contribution is -2.37. The summed E-state index contributed by atoms with van der Waals surface area (Å²) in [6, 6.07) is 10.4. The molecule has 3 heterocycles. The van der Waals surface area contributed by atoms with E-state index in [-0.39, 0.29) is 0 Å². The van der Waals surface area contributed by atoms with Gasteiger partial charge >= 0.3 is 0 Å². The summed E-state index contributed by atoms with van der Waals surface area (Å²) in [6.07, 6.45) is 4.38. The Labute approximate surface area is 135 Å². The normalized spacial score (nSPS) is 16.9. The summed E-state index contributed by atoms with van der Waals surface area (Å²) < 4.78 is 6.26. The molecule has 1 aromatic carbocycles. The minimum Gasteiger partial charge on any atom is -0.490 e. The van der Waals surface area contributed by atoms with E-state index in [0.717, 1.165) is 55.1 Å². The van der Waals surface area contributed by atoms with E-state index in [2.05, 4.69) is 44.3 Å². The Hall–Kier alpha value is -2.27. The van der Waals surface area contributed by atoms with Crippen LogP contribution < -0.4 is 4.74 Å². The van der Waals surface area contributed by atoms with Gasteiger partial charge in [0.15, 0.2) is 0 Å². The summed E-state index contributed by atoms with van der Waals surface area (Å²) in [5.41, 5.74) is 3.38. The van der Waals surface area contributed by atoms with Crippen molar-refractivity contribution in [3.8, 4) is 5.75 Å². The number of rotatable bonds is 4. The van der Waals surface area contributed by atoms with Gasteiger partial charge in [-0.2, -0.15) is 5.10 Å². The number of hydrogen-bond acceptors (Lipinski definition) is 3. The average molecular weight is 310 g/mol. The Morgan fingerprint density at radius 1 is 1.26 bits per heavy atom. The largest absolute Gasteiger partial charge is 0.490 e. The van der Waals surface area contributed by atoms with E-state index in [4.69, 9.17) is 4.74 Å². The first-order valence-electron chi connectivity index (χ1n) is 8.24. The number of aryl methyl sites for hydroxylation is 1. The fourth-order valence-corrected chi connectivity index (χ4v) is 3.31. The van der Waals surface area contributed by atoms with Crippen LogP contribution in [0.3, 0.4) is 0 Å². The van der Waals surface area contributed by atoms with Gasteiger partial charge in [0.25, 0.3) is 0 Å². The van der Waals surface area contributed by atoms with Crippen LogP contribution in [0.15, 0.2) is 36.5 Å². The maximum atomic E-state index is 6.26. The third-order valence-electron chi connectivity index (χ3n) is 4.53. The Kier molecular flexibility index (Phi) is 3.79. The van der Waals surface area contributed by atoms with Crippen LogP contribution in [-0.2, 0) is 6.54 Å². The second kappa shape index (κ2) is 6.08. The molecule has 120 valence electrons. The number of ether oxygens (including phenoxy) is 1. The van der Waals surface area contributed by atoms with Crippen LogP contribution in [-0.4, -0.2) is 39.3 Å². The summed E-state index contributed by atoms with van der Waals surface area (Å²) >= 11 is 0. The number of nitrogens with one attached hydrogen (secondary N) is 2. The van der Waals surface area contributed by atoms with Crippen LogP contribution in [0.1, 0.15) is 24.2 Å². The van der Waals surface area contributed by atoms with Crippen molar-refractivity contribution < 1.29 is 4.74 Å². The van der Waals surface area contributed by atoms with E-state index in [9.17, 15) is 0 Å². The second-order valence-electron chi connectivity index (χ2n) is 6.33. The first-order chi connectivity index (χ1) is 11.3. The first-order valence-corrected chi connectivity index (χ1v) is 8.24. The van der Waals surface area contributed by atoms with Crippen molar-refractivity contribution in [1.29, 1.82) is 0 Å². The van der Waals surface area contributed by atoms with Crippen molar-refractivity contribution >= 4 is 10.9 Å². The van der Waals surface area contributed by atoms with Gasteiger partial charge in [0.1, 0.15) is 11.9 Å². The number of nitrogens with zero attached hydrogens (tertiary/aromatic N) is 2. The van der Waals surface area contributed by atoms with Gasteiger partial charge in [-0.25, -0.2) is 0 Å². The molecule has 23 heavy (non-hydrogen) atoms. The maximum absolute atomic E-state index is 6.26. The summed E-state index contributed by atoms with van der Waals surface area (Å²) in [5, 5.41) is 8.50. The highest BCUT2D eigenvalue weighted by molar-refractivity contribution is 5.85. The standard InChI is InChI=1S/C18H22N4O/c1-13-11-14(21-20-13)12-22-9-6-15(7-10-22)23-18-4-2-3-17-16(18)5-8-19-17/h2-5,8,11,15,19H,6-7,9-10,12H2,1H3,(H,20,21). The van der Waals surface area contributed by atoms with E-state index in [0.29, 0.717) is 6.10 Å². The van der Waals surface area contributed by atoms with Crippen LogP contribution in [0, 0.1) is 6.92 Å². The van der Waals surface area contributed by atoms with Gasteiger partial charge in [-0.3, -0.25) is 10.00 Å². The highest BCUT2D eigenvalue weighted by atomic mass is 16.5. The van der Waals surface area contributed by atoms with Gasteiger partial charge in [0.2, 0.25) is 0 Å². The third-order valence-corrected chi connectivity index (χ3v) is 4.53. The molecular weight excluding hydrogens is 288 g/mol. The zero-order chi connectivity index (χ0) is 15.6. The smallest absolute Gasteiger partial charge is 0.129 e. The highest BCUT2D eigenvalue weighted by Crippen LogP contribution is 2.27. The van der Waals surface area contributed by atoms with Crippen molar-refractivity contribution in [2.75, 3.05) is 13.1 Å². The summed E-state index contributed by atoms with van der Waals surface area (Å²) in [6.45, 7) is 5.07. The zero-order valence-electron chi connectivity index (χ0n) is 13.4. The topological polar surface area (TPSA) is 56.9 Å². The predicted molar refractivity (Wildman–Crippen MR) is 90.6 cm³/mol. The van der Waals surface area contributed by atoms with Gasteiger partial charge in [0.05, 0.1) is 5.69 Å². The number of piperidine rings is 1. The summed E-state index contributed by atoms with van der Waals surface area (Å²) in [5.74, 6) is 0.991. The molecule has 0 spiro atoms. The van der Waals surface area contributed by atoms with Gasteiger partial charge in [0, 0.05) is 42.4 Å².